The van der Waals surface area contributed by atoms with E-state index in [1.165, 1.54) is 12.8 Å². The zero-order valence-corrected chi connectivity index (χ0v) is 34.8. The molecule has 0 radical (unpaired) electrons. The van der Waals surface area contributed by atoms with Crippen LogP contribution in [0.4, 0.5) is 0 Å². The topological polar surface area (TPSA) is 112 Å². The number of fused-ring (bicyclic) bond motifs is 1. The van der Waals surface area contributed by atoms with E-state index in [4.69, 9.17) is 29.2 Å². The first-order chi connectivity index (χ1) is 26.3. The number of hydrogen-bond donors (Lipinski definition) is 2. The van der Waals surface area contributed by atoms with Crippen molar-refractivity contribution < 1.29 is 24.4 Å². The predicted molar refractivity (Wildman–Crippen MR) is 224 cm³/mol. The molecule has 0 spiro atoms. The summed E-state index contributed by atoms with van der Waals surface area (Å²) in [5.74, 6) is 3.92. The minimum atomic E-state index is -0.249. The van der Waals surface area contributed by atoms with Gasteiger partial charge in [-0.05, 0) is 102 Å². The Balaban J connectivity index is 1.65. The van der Waals surface area contributed by atoms with Crippen molar-refractivity contribution in [2.45, 2.75) is 119 Å². The summed E-state index contributed by atoms with van der Waals surface area (Å²) >= 11 is 0. The van der Waals surface area contributed by atoms with Gasteiger partial charge in [-0.15, -0.1) is 0 Å². The Labute approximate surface area is 328 Å². The SMILES string of the molecule is CCCCC(CC)COc1ccc(-c2nc(-c3ccc(OCC(CC)CCCC)c(C)c3O)nc(-c3cn(C(C)(C)C)c4ccc(OC)cc34)n2)c(O)c1C. The molecule has 0 saturated heterocycles. The van der Waals surface area contributed by atoms with Crippen molar-refractivity contribution in [2.75, 3.05) is 20.3 Å². The summed E-state index contributed by atoms with van der Waals surface area (Å²) in [7, 11) is 1.65. The van der Waals surface area contributed by atoms with Gasteiger partial charge in [0.25, 0.3) is 0 Å². The molecule has 2 atom stereocenters. The van der Waals surface area contributed by atoms with Crippen LogP contribution in [0, 0.1) is 25.7 Å². The number of aromatic nitrogens is 4. The highest BCUT2D eigenvalue weighted by atomic mass is 16.5. The number of benzene rings is 3. The van der Waals surface area contributed by atoms with E-state index in [0.29, 0.717) is 70.4 Å². The first kappa shape index (κ1) is 41.4. The van der Waals surface area contributed by atoms with Crippen LogP contribution in [0.1, 0.15) is 111 Å². The second-order valence-corrected chi connectivity index (χ2v) is 15.9. The molecule has 55 heavy (non-hydrogen) atoms. The van der Waals surface area contributed by atoms with Crippen molar-refractivity contribution in [1.29, 1.82) is 0 Å². The molecule has 2 aromatic heterocycles. The largest absolute Gasteiger partial charge is 0.507 e. The first-order valence-electron chi connectivity index (χ1n) is 20.2. The molecular weight excluding hydrogens is 689 g/mol. The van der Waals surface area contributed by atoms with Gasteiger partial charge in [0.05, 0.1) is 31.5 Å². The minimum absolute atomic E-state index is 0.0405. The van der Waals surface area contributed by atoms with E-state index >= 15 is 0 Å². The molecule has 0 saturated carbocycles. The highest BCUT2D eigenvalue weighted by molar-refractivity contribution is 5.96. The van der Waals surface area contributed by atoms with Crippen molar-refractivity contribution >= 4 is 10.9 Å². The average molecular weight is 751 g/mol. The molecule has 0 aliphatic carbocycles. The molecule has 0 aliphatic heterocycles. The number of phenols is 2. The Morgan fingerprint density at radius 1 is 0.673 bits per heavy atom. The van der Waals surface area contributed by atoms with E-state index in [1.807, 2.05) is 44.2 Å². The van der Waals surface area contributed by atoms with E-state index in [1.54, 1.807) is 19.2 Å². The van der Waals surface area contributed by atoms with Crippen LogP contribution in [0.3, 0.4) is 0 Å². The second kappa shape index (κ2) is 18.2. The van der Waals surface area contributed by atoms with E-state index in [-0.39, 0.29) is 28.7 Å². The molecular formula is C46H62N4O5. The molecule has 0 fully saturated rings. The monoisotopic (exact) mass is 750 g/mol. The van der Waals surface area contributed by atoms with Crippen LogP contribution in [-0.2, 0) is 5.54 Å². The first-order valence-corrected chi connectivity index (χ1v) is 20.2. The normalized spacial score (nSPS) is 12.9. The van der Waals surface area contributed by atoms with Crippen molar-refractivity contribution in [3.63, 3.8) is 0 Å². The molecule has 2 unspecified atom stereocenters. The molecule has 0 bridgehead atoms. The van der Waals surface area contributed by atoms with Crippen molar-refractivity contribution in [3.8, 4) is 62.9 Å². The van der Waals surface area contributed by atoms with E-state index < -0.39 is 0 Å². The van der Waals surface area contributed by atoms with Crippen molar-refractivity contribution in [3.05, 3.63) is 59.8 Å². The maximum atomic E-state index is 11.7. The maximum Gasteiger partial charge on any atom is 0.167 e. The van der Waals surface area contributed by atoms with Gasteiger partial charge >= 0.3 is 0 Å². The van der Waals surface area contributed by atoms with Crippen molar-refractivity contribution in [1.82, 2.24) is 19.5 Å². The van der Waals surface area contributed by atoms with Crippen LogP contribution in [-0.4, -0.2) is 50.1 Å². The Morgan fingerprint density at radius 2 is 1.15 bits per heavy atom. The molecule has 5 aromatic rings. The summed E-state index contributed by atoms with van der Waals surface area (Å²) in [6.07, 6.45) is 11.0. The summed E-state index contributed by atoms with van der Waals surface area (Å²) in [5, 5.41) is 24.3. The third-order valence-corrected chi connectivity index (χ3v) is 10.9. The van der Waals surface area contributed by atoms with Crippen LogP contribution in [0.5, 0.6) is 28.7 Å². The zero-order chi connectivity index (χ0) is 39.9. The molecule has 2 heterocycles. The van der Waals surface area contributed by atoms with Gasteiger partial charge in [-0.3, -0.25) is 0 Å². The van der Waals surface area contributed by atoms with Gasteiger partial charge in [-0.2, -0.15) is 0 Å². The molecule has 9 heteroatoms. The van der Waals surface area contributed by atoms with Gasteiger partial charge in [0, 0.05) is 39.3 Å². The number of aromatic hydroxyl groups is 2. The second-order valence-electron chi connectivity index (χ2n) is 15.9. The van der Waals surface area contributed by atoms with Gasteiger partial charge in [-0.25, -0.2) is 15.0 Å². The predicted octanol–water partition coefficient (Wildman–Crippen LogP) is 11.8. The van der Waals surface area contributed by atoms with E-state index in [2.05, 4.69) is 59.2 Å². The number of nitrogens with zero attached hydrogens (tertiary/aromatic N) is 4. The lowest BCUT2D eigenvalue weighted by atomic mass is 10.0. The van der Waals surface area contributed by atoms with Gasteiger partial charge < -0.3 is 29.0 Å². The molecule has 2 N–H and O–H groups in total. The highest BCUT2D eigenvalue weighted by Crippen LogP contribution is 2.42. The Kier molecular flexibility index (Phi) is 13.7. The van der Waals surface area contributed by atoms with Crippen LogP contribution in [0.2, 0.25) is 0 Å². The molecule has 296 valence electrons. The maximum absolute atomic E-state index is 11.7. The summed E-state index contributed by atoms with van der Waals surface area (Å²) in [6, 6.07) is 13.4. The van der Waals surface area contributed by atoms with Gasteiger partial charge in [0.15, 0.2) is 17.5 Å². The summed E-state index contributed by atoms with van der Waals surface area (Å²) < 4.78 is 20.4. The van der Waals surface area contributed by atoms with E-state index in [0.717, 1.165) is 55.0 Å². The van der Waals surface area contributed by atoms with Crippen LogP contribution >= 0.6 is 0 Å². The van der Waals surface area contributed by atoms with Gasteiger partial charge in [-0.1, -0.05) is 66.2 Å². The summed E-state index contributed by atoms with van der Waals surface area (Å²) in [4.78, 5) is 15.0. The molecule has 0 amide bonds. The lowest BCUT2D eigenvalue weighted by Crippen LogP contribution is -2.20. The third kappa shape index (κ3) is 9.37. The van der Waals surface area contributed by atoms with E-state index in [9.17, 15) is 10.2 Å². The number of rotatable bonds is 18. The fourth-order valence-electron chi connectivity index (χ4n) is 7.05. The van der Waals surface area contributed by atoms with Crippen molar-refractivity contribution in [2.24, 2.45) is 11.8 Å². The van der Waals surface area contributed by atoms with Gasteiger partial charge in [0.2, 0.25) is 0 Å². The third-order valence-electron chi connectivity index (χ3n) is 10.9. The van der Waals surface area contributed by atoms with Gasteiger partial charge in [0.1, 0.15) is 28.7 Å². The number of methoxy groups -OCH3 is 1. The fraction of sp³-hybridized carbons (Fsp3) is 0.500. The molecule has 0 aliphatic rings. The number of hydrogen-bond acceptors (Lipinski definition) is 8. The number of ether oxygens (including phenoxy) is 3. The summed E-state index contributed by atoms with van der Waals surface area (Å²) in [5.41, 5.74) is 3.64. The standard InChI is InChI=1S/C46H62N4O5/c1-11-15-17-31(13-3)27-54-39-23-20-34(41(51)29(39)5)43-47-44(35-21-24-40(30(6)42(35)52)55-28-32(14-4)18-16-12-2)49-45(48-43)37-26-50(46(7,8)9)38-22-19-33(53-10)25-36(37)38/h19-26,31-32,51-52H,11-18,27-28H2,1-10H3. The zero-order valence-electron chi connectivity index (χ0n) is 34.8. The van der Waals surface area contributed by atoms with Crippen LogP contribution in [0.25, 0.3) is 45.1 Å². The lowest BCUT2D eigenvalue weighted by Gasteiger charge is -2.22. The Bertz CT molecular complexity index is 1970. The summed E-state index contributed by atoms with van der Waals surface area (Å²) in [6.45, 7) is 20.1. The number of unbranched alkanes of at least 4 members (excludes halogenated alkanes) is 2. The fourth-order valence-corrected chi connectivity index (χ4v) is 7.05. The van der Waals surface area contributed by atoms with Crippen LogP contribution < -0.4 is 14.2 Å². The number of phenolic OH excluding ortho intramolecular Hbond substituents is 2. The quantitative estimate of drug-likeness (QED) is 0.0910. The minimum Gasteiger partial charge on any atom is -0.507 e. The van der Waals surface area contributed by atoms with Crippen LogP contribution in [0.15, 0.2) is 48.7 Å². The smallest absolute Gasteiger partial charge is 0.167 e. The highest BCUT2D eigenvalue weighted by Gasteiger charge is 2.25. The average Bonchev–Trinajstić information content (AvgIpc) is 3.57. The molecule has 5 rings (SSSR count). The Morgan fingerprint density at radius 3 is 1.56 bits per heavy atom. The Hall–Kier alpha value is -4.79. The lowest BCUT2D eigenvalue weighted by molar-refractivity contribution is 0.231. The molecule has 3 aromatic carbocycles. The molecule has 9 nitrogen and oxygen atoms in total.